The zero-order chi connectivity index (χ0) is 55.7. The quantitative estimate of drug-likeness (QED) is 0.0261. The van der Waals surface area contributed by atoms with Gasteiger partial charge in [-0.25, -0.2) is 0 Å². The van der Waals surface area contributed by atoms with Crippen LogP contribution >= 0.6 is 0 Å². The van der Waals surface area contributed by atoms with Crippen molar-refractivity contribution >= 4 is 17.9 Å². The minimum Gasteiger partial charge on any atom is -0.462 e. The Morgan fingerprint density at radius 1 is 0.260 bits per heavy atom. The van der Waals surface area contributed by atoms with Gasteiger partial charge in [-0.3, -0.25) is 14.4 Å². The molecule has 0 saturated heterocycles. The number of allylic oxidation sites excluding steroid dienone is 4. The molecular formula is C71H134O6. The van der Waals surface area contributed by atoms with Crippen molar-refractivity contribution in [3.63, 3.8) is 0 Å². The third-order valence-corrected chi connectivity index (χ3v) is 16.0. The molecule has 0 heterocycles. The van der Waals surface area contributed by atoms with E-state index in [1.54, 1.807) is 0 Å². The number of unbranched alkanes of at least 4 members (excludes halogenated alkanes) is 50. The zero-order valence-electron chi connectivity index (χ0n) is 52.3. The first-order valence-corrected chi connectivity index (χ1v) is 34.8. The molecule has 1 unspecified atom stereocenters. The monoisotopic (exact) mass is 1080 g/mol. The third-order valence-electron chi connectivity index (χ3n) is 16.0. The molecule has 454 valence electrons. The number of carbonyl (C=O) groups excluding carboxylic acids is 3. The summed E-state index contributed by atoms with van der Waals surface area (Å²) in [6.45, 7) is 6.71. The van der Waals surface area contributed by atoms with Crippen LogP contribution in [0.15, 0.2) is 24.3 Å². The topological polar surface area (TPSA) is 78.9 Å². The third kappa shape index (κ3) is 64.6. The lowest BCUT2D eigenvalue weighted by Gasteiger charge is -2.18. The van der Waals surface area contributed by atoms with Crippen molar-refractivity contribution in [1.29, 1.82) is 0 Å². The van der Waals surface area contributed by atoms with E-state index in [1.807, 2.05) is 0 Å². The van der Waals surface area contributed by atoms with Gasteiger partial charge < -0.3 is 14.2 Å². The SMILES string of the molecule is CCCCCCC/C=C\C/C=C\CCCCCCCCCCCCCCCC(=O)OCC(COC(=O)CCCCCCCCCCCCCCCC)OC(=O)CCCCCCCCCCCCCCCCCCCCCC. The molecule has 0 aromatic carbocycles. The van der Waals surface area contributed by atoms with Gasteiger partial charge in [-0.15, -0.1) is 0 Å². The molecule has 0 fully saturated rings. The number of hydrogen-bond acceptors (Lipinski definition) is 6. The molecule has 0 radical (unpaired) electrons. The van der Waals surface area contributed by atoms with Gasteiger partial charge in [-0.05, 0) is 51.4 Å². The van der Waals surface area contributed by atoms with E-state index in [1.165, 1.54) is 289 Å². The smallest absolute Gasteiger partial charge is 0.306 e. The van der Waals surface area contributed by atoms with Gasteiger partial charge in [0.1, 0.15) is 13.2 Å². The van der Waals surface area contributed by atoms with Gasteiger partial charge in [0.25, 0.3) is 0 Å². The fourth-order valence-corrected chi connectivity index (χ4v) is 10.7. The van der Waals surface area contributed by atoms with Crippen LogP contribution < -0.4 is 0 Å². The molecule has 0 rings (SSSR count). The van der Waals surface area contributed by atoms with Gasteiger partial charge in [0.15, 0.2) is 6.10 Å². The minimum atomic E-state index is -0.767. The van der Waals surface area contributed by atoms with Crippen LogP contribution in [0.3, 0.4) is 0 Å². The lowest BCUT2D eigenvalue weighted by molar-refractivity contribution is -0.167. The van der Waals surface area contributed by atoms with Crippen molar-refractivity contribution in [1.82, 2.24) is 0 Å². The second-order valence-corrected chi connectivity index (χ2v) is 23.8. The first kappa shape index (κ1) is 74.9. The average molecular weight is 1080 g/mol. The fourth-order valence-electron chi connectivity index (χ4n) is 10.7. The largest absolute Gasteiger partial charge is 0.462 e. The summed E-state index contributed by atoms with van der Waals surface area (Å²) >= 11 is 0. The summed E-state index contributed by atoms with van der Waals surface area (Å²) in [6, 6.07) is 0. The number of ether oxygens (including phenoxy) is 3. The number of rotatable bonds is 65. The van der Waals surface area contributed by atoms with Crippen LogP contribution in [0, 0.1) is 0 Å². The van der Waals surface area contributed by atoms with Crippen LogP contribution in [-0.2, 0) is 28.6 Å². The Morgan fingerprint density at radius 3 is 0.714 bits per heavy atom. The summed E-state index contributed by atoms with van der Waals surface area (Å²) in [7, 11) is 0. The van der Waals surface area contributed by atoms with E-state index in [-0.39, 0.29) is 31.1 Å². The van der Waals surface area contributed by atoms with Crippen LogP contribution in [0.1, 0.15) is 393 Å². The van der Waals surface area contributed by atoms with Crippen LogP contribution in [-0.4, -0.2) is 37.2 Å². The van der Waals surface area contributed by atoms with Gasteiger partial charge >= 0.3 is 17.9 Å². The maximum absolute atomic E-state index is 12.9. The van der Waals surface area contributed by atoms with Crippen LogP contribution in [0.25, 0.3) is 0 Å². The summed E-state index contributed by atoms with van der Waals surface area (Å²) in [4.78, 5) is 38.4. The molecule has 0 saturated carbocycles. The van der Waals surface area contributed by atoms with Gasteiger partial charge in [-0.1, -0.05) is 347 Å². The second kappa shape index (κ2) is 66.4. The summed E-state index contributed by atoms with van der Waals surface area (Å²) < 4.78 is 17.0. The number of esters is 3. The van der Waals surface area contributed by atoms with Crippen molar-refractivity contribution in [2.45, 2.75) is 399 Å². The second-order valence-electron chi connectivity index (χ2n) is 23.8. The minimum absolute atomic E-state index is 0.0641. The highest BCUT2D eigenvalue weighted by atomic mass is 16.6. The Balaban J connectivity index is 4.24. The number of hydrogen-bond donors (Lipinski definition) is 0. The molecule has 0 aliphatic rings. The maximum atomic E-state index is 12.9. The van der Waals surface area contributed by atoms with E-state index in [9.17, 15) is 14.4 Å². The zero-order valence-corrected chi connectivity index (χ0v) is 52.3. The van der Waals surface area contributed by atoms with E-state index in [0.717, 1.165) is 64.2 Å². The summed E-state index contributed by atoms with van der Waals surface area (Å²) in [5, 5.41) is 0. The van der Waals surface area contributed by atoms with Gasteiger partial charge in [0.2, 0.25) is 0 Å². The predicted octanol–water partition coefficient (Wildman–Crippen LogP) is 23.8. The van der Waals surface area contributed by atoms with Crippen molar-refractivity contribution in [2.75, 3.05) is 13.2 Å². The molecular weight excluding hydrogens is 949 g/mol. The molecule has 1 atom stereocenters. The molecule has 0 N–H and O–H groups in total. The molecule has 6 nitrogen and oxygen atoms in total. The Morgan fingerprint density at radius 2 is 0.468 bits per heavy atom. The maximum Gasteiger partial charge on any atom is 0.306 e. The average Bonchev–Trinajstić information content (AvgIpc) is 3.43. The van der Waals surface area contributed by atoms with Crippen molar-refractivity contribution in [3.8, 4) is 0 Å². The molecule has 0 bridgehead atoms. The van der Waals surface area contributed by atoms with E-state index in [2.05, 4.69) is 45.1 Å². The van der Waals surface area contributed by atoms with Gasteiger partial charge in [-0.2, -0.15) is 0 Å². The van der Waals surface area contributed by atoms with E-state index in [0.29, 0.717) is 19.3 Å². The van der Waals surface area contributed by atoms with Gasteiger partial charge in [0, 0.05) is 19.3 Å². The molecule has 0 aliphatic carbocycles. The van der Waals surface area contributed by atoms with Gasteiger partial charge in [0.05, 0.1) is 0 Å². The fraction of sp³-hybridized carbons (Fsp3) is 0.901. The number of carbonyl (C=O) groups is 3. The van der Waals surface area contributed by atoms with E-state index in [4.69, 9.17) is 14.2 Å². The predicted molar refractivity (Wildman–Crippen MR) is 335 cm³/mol. The Kier molecular flexibility index (Phi) is 64.6. The summed E-state index contributed by atoms with van der Waals surface area (Å²) in [6.07, 6.45) is 80.5. The lowest BCUT2D eigenvalue weighted by atomic mass is 10.0. The van der Waals surface area contributed by atoms with Crippen molar-refractivity contribution in [3.05, 3.63) is 24.3 Å². The first-order valence-electron chi connectivity index (χ1n) is 34.8. The van der Waals surface area contributed by atoms with Crippen molar-refractivity contribution < 1.29 is 28.6 Å². The highest BCUT2D eigenvalue weighted by Crippen LogP contribution is 2.19. The molecule has 0 aliphatic heterocycles. The molecule has 0 amide bonds. The molecule has 0 aromatic heterocycles. The van der Waals surface area contributed by atoms with E-state index >= 15 is 0 Å². The molecule has 0 spiro atoms. The highest BCUT2D eigenvalue weighted by Gasteiger charge is 2.19. The Labute approximate surface area is 481 Å². The van der Waals surface area contributed by atoms with Crippen LogP contribution in [0.2, 0.25) is 0 Å². The first-order chi connectivity index (χ1) is 38.0. The molecule has 0 aromatic rings. The molecule has 77 heavy (non-hydrogen) atoms. The van der Waals surface area contributed by atoms with Crippen molar-refractivity contribution in [2.24, 2.45) is 0 Å². The summed E-state index contributed by atoms with van der Waals surface area (Å²) in [5.41, 5.74) is 0. The molecule has 6 heteroatoms. The Hall–Kier alpha value is -2.11. The standard InChI is InChI=1S/C71H134O6/c1-4-7-10-13-16-19-22-25-28-30-32-34-35-36-37-38-40-41-43-46-49-52-55-58-61-64-70(73)76-67-68(66-75-69(72)63-60-57-54-51-48-45-27-24-21-18-15-12-9-6-3)77-71(74)65-62-59-56-53-50-47-44-42-39-33-31-29-26-23-20-17-14-11-8-5-2/h22,25,30,32,68H,4-21,23-24,26-29,31,33-67H2,1-3H3/b25-22-,32-30-. The van der Waals surface area contributed by atoms with Crippen LogP contribution in [0.5, 0.6) is 0 Å². The summed E-state index contributed by atoms with van der Waals surface area (Å²) in [5.74, 6) is -0.831. The lowest BCUT2D eigenvalue weighted by Crippen LogP contribution is -2.30. The highest BCUT2D eigenvalue weighted by molar-refractivity contribution is 5.71. The Bertz CT molecular complexity index is 1240. The van der Waals surface area contributed by atoms with E-state index < -0.39 is 6.10 Å². The van der Waals surface area contributed by atoms with Crippen LogP contribution in [0.4, 0.5) is 0 Å². The normalized spacial score (nSPS) is 12.1.